The molecule has 2 amide bonds. The van der Waals surface area contributed by atoms with E-state index in [2.05, 4.69) is 21.0 Å². The Labute approximate surface area is 226 Å². The fraction of sp³-hybridized carbons (Fsp3) is 0.167. The van der Waals surface area contributed by atoms with Crippen molar-refractivity contribution >= 4 is 29.0 Å². The van der Waals surface area contributed by atoms with Crippen LogP contribution in [-0.4, -0.2) is 35.8 Å². The molecule has 0 unspecified atom stereocenters. The average Bonchev–Trinajstić information content (AvgIpc) is 3.36. The number of hydrogen-bond acceptors (Lipinski definition) is 6. The van der Waals surface area contributed by atoms with E-state index in [4.69, 9.17) is 9.47 Å². The third-order valence-electron chi connectivity index (χ3n) is 6.57. The molecule has 0 radical (unpaired) electrons. The van der Waals surface area contributed by atoms with Crippen molar-refractivity contribution in [2.45, 2.75) is 19.9 Å². The summed E-state index contributed by atoms with van der Waals surface area (Å²) in [5, 5.41) is 13.7. The lowest BCUT2D eigenvalue weighted by Gasteiger charge is -2.31. The maximum absolute atomic E-state index is 13.7. The summed E-state index contributed by atoms with van der Waals surface area (Å²) in [7, 11) is 3.17. The lowest BCUT2D eigenvalue weighted by molar-refractivity contribution is -0.113. The molecule has 4 aromatic rings. The minimum atomic E-state index is -0.656. The topological polar surface area (TPSA) is 107 Å². The van der Waals surface area contributed by atoms with Gasteiger partial charge >= 0.3 is 0 Å². The highest BCUT2D eigenvalue weighted by Gasteiger charge is 2.36. The van der Waals surface area contributed by atoms with E-state index in [1.807, 2.05) is 62.4 Å². The van der Waals surface area contributed by atoms with Crippen LogP contribution in [0.5, 0.6) is 11.5 Å². The van der Waals surface area contributed by atoms with Crippen LogP contribution in [0.15, 0.2) is 90.3 Å². The number of hydrogen-bond donors (Lipinski definition) is 3. The van der Waals surface area contributed by atoms with Gasteiger partial charge in [-0.1, -0.05) is 30.3 Å². The normalized spacial score (nSPS) is 14.2. The molecule has 1 aromatic heterocycles. The summed E-state index contributed by atoms with van der Waals surface area (Å²) in [5.74, 6) is 1.14. The number of methoxy groups -OCH3 is 2. The van der Waals surface area contributed by atoms with Crippen LogP contribution in [0.25, 0.3) is 0 Å². The van der Waals surface area contributed by atoms with Gasteiger partial charge in [0.05, 0.1) is 26.0 Å². The van der Waals surface area contributed by atoms with Crippen LogP contribution in [0.2, 0.25) is 0 Å². The van der Waals surface area contributed by atoms with Gasteiger partial charge in [0.2, 0.25) is 0 Å². The number of aryl methyl sites for hydroxylation is 1. The molecular weight excluding hydrogens is 494 g/mol. The van der Waals surface area contributed by atoms with Crippen molar-refractivity contribution in [3.63, 3.8) is 0 Å². The molecule has 2 heterocycles. The number of allylic oxidation sites excluding steroid dienone is 1. The number of amides is 2. The first-order valence-corrected chi connectivity index (χ1v) is 12.4. The van der Waals surface area contributed by atoms with Crippen molar-refractivity contribution < 1.29 is 19.1 Å². The molecule has 0 bridgehead atoms. The highest BCUT2D eigenvalue weighted by atomic mass is 16.5. The number of carbonyl (C=O) groups is 2. The molecule has 9 nitrogen and oxygen atoms in total. The van der Waals surface area contributed by atoms with E-state index in [-0.39, 0.29) is 11.8 Å². The number of ether oxygens (including phenoxy) is 2. The van der Waals surface area contributed by atoms with E-state index in [9.17, 15) is 9.59 Å². The summed E-state index contributed by atoms with van der Waals surface area (Å²) in [6.45, 7) is 3.77. The van der Waals surface area contributed by atoms with Crippen LogP contribution in [0.4, 0.5) is 17.2 Å². The molecule has 1 aliphatic rings. The summed E-state index contributed by atoms with van der Waals surface area (Å²) in [5.41, 5.74) is 4.45. The number of para-hydroxylation sites is 1. The second-order valence-electron chi connectivity index (χ2n) is 9.17. The van der Waals surface area contributed by atoms with E-state index in [1.54, 1.807) is 43.2 Å². The third kappa shape index (κ3) is 5.06. The second-order valence-corrected chi connectivity index (χ2v) is 9.17. The Hall–Kier alpha value is -5.05. The zero-order chi connectivity index (χ0) is 27.5. The van der Waals surface area contributed by atoms with Crippen LogP contribution < -0.4 is 25.4 Å². The molecule has 0 spiro atoms. The molecule has 9 heteroatoms. The molecule has 1 atom stereocenters. The number of benzene rings is 3. The number of fused-ring (bicyclic) bond motifs is 1. The zero-order valence-electron chi connectivity index (χ0n) is 22.1. The minimum absolute atomic E-state index is 0.312. The zero-order valence-corrected chi connectivity index (χ0v) is 22.1. The van der Waals surface area contributed by atoms with Crippen LogP contribution in [0, 0.1) is 6.92 Å². The molecule has 0 saturated carbocycles. The van der Waals surface area contributed by atoms with Crippen molar-refractivity contribution in [2.75, 3.05) is 30.2 Å². The Morgan fingerprint density at radius 2 is 1.62 bits per heavy atom. The lowest BCUT2D eigenvalue weighted by Crippen LogP contribution is -2.32. The maximum atomic E-state index is 13.7. The third-order valence-corrected chi connectivity index (χ3v) is 6.57. The molecule has 39 heavy (non-hydrogen) atoms. The largest absolute Gasteiger partial charge is 0.497 e. The van der Waals surface area contributed by atoms with E-state index < -0.39 is 6.04 Å². The number of carbonyl (C=O) groups excluding carboxylic acids is 2. The number of nitrogens with zero attached hydrogens (tertiary/aromatic N) is 2. The van der Waals surface area contributed by atoms with Gasteiger partial charge in [0.1, 0.15) is 28.9 Å². The summed E-state index contributed by atoms with van der Waals surface area (Å²) in [4.78, 5) is 27.0. The number of aromatic nitrogens is 2. The molecule has 3 N–H and O–H groups in total. The summed E-state index contributed by atoms with van der Waals surface area (Å²) >= 11 is 0. The molecule has 198 valence electrons. The Morgan fingerprint density at radius 3 is 2.33 bits per heavy atom. The number of rotatable bonds is 7. The first-order chi connectivity index (χ1) is 18.9. The van der Waals surface area contributed by atoms with Gasteiger partial charge in [-0.3, -0.25) is 9.59 Å². The monoisotopic (exact) mass is 523 g/mol. The van der Waals surface area contributed by atoms with Crippen molar-refractivity contribution in [2.24, 2.45) is 0 Å². The average molecular weight is 524 g/mol. The molecule has 5 rings (SSSR count). The smallest absolute Gasteiger partial charge is 0.261 e. The Morgan fingerprint density at radius 1 is 0.872 bits per heavy atom. The van der Waals surface area contributed by atoms with Gasteiger partial charge in [-0.05, 0) is 61.9 Å². The van der Waals surface area contributed by atoms with Crippen LogP contribution in [-0.2, 0) is 4.79 Å². The summed E-state index contributed by atoms with van der Waals surface area (Å²) in [6.07, 6.45) is 1.51. The van der Waals surface area contributed by atoms with Gasteiger partial charge in [-0.25, -0.2) is 4.68 Å². The second kappa shape index (κ2) is 10.7. The predicted molar refractivity (Wildman–Crippen MR) is 150 cm³/mol. The maximum Gasteiger partial charge on any atom is 0.261 e. The quantitative estimate of drug-likeness (QED) is 0.300. The Bertz CT molecular complexity index is 1570. The van der Waals surface area contributed by atoms with E-state index >= 15 is 0 Å². The minimum Gasteiger partial charge on any atom is -0.497 e. The fourth-order valence-electron chi connectivity index (χ4n) is 4.69. The molecule has 3 aromatic carbocycles. The van der Waals surface area contributed by atoms with Crippen LogP contribution >= 0.6 is 0 Å². The van der Waals surface area contributed by atoms with Crippen LogP contribution in [0.1, 0.15) is 34.5 Å². The van der Waals surface area contributed by atoms with E-state index in [1.165, 1.54) is 6.20 Å². The summed E-state index contributed by atoms with van der Waals surface area (Å²) in [6, 6.07) is 21.5. The van der Waals surface area contributed by atoms with E-state index in [0.29, 0.717) is 45.5 Å². The van der Waals surface area contributed by atoms with Gasteiger partial charge in [-0.2, -0.15) is 5.10 Å². The molecule has 0 fully saturated rings. The predicted octanol–water partition coefficient (Wildman–Crippen LogP) is 5.39. The molecule has 0 saturated heterocycles. The molecular formula is C30H29N5O4. The lowest BCUT2D eigenvalue weighted by atomic mass is 9.93. The first kappa shape index (κ1) is 25.6. The van der Waals surface area contributed by atoms with Crippen molar-refractivity contribution in [1.82, 2.24) is 9.78 Å². The van der Waals surface area contributed by atoms with Gasteiger partial charge in [0.25, 0.3) is 11.8 Å². The summed E-state index contributed by atoms with van der Waals surface area (Å²) < 4.78 is 12.5. The molecule has 1 aliphatic heterocycles. The number of nitrogens with one attached hydrogen (secondary N) is 3. The SMILES string of the molecule is COc1ccc(NC(=O)C2=C(C)Nc3c(C(=O)Nc4cccc(C)c4)cnn3[C@@H]2c2ccccc2OC)cc1. The van der Waals surface area contributed by atoms with Crippen molar-refractivity contribution in [1.29, 1.82) is 0 Å². The highest BCUT2D eigenvalue weighted by molar-refractivity contribution is 6.09. The van der Waals surface area contributed by atoms with Gasteiger partial charge in [0, 0.05) is 22.6 Å². The first-order valence-electron chi connectivity index (χ1n) is 12.4. The Balaban J connectivity index is 1.55. The number of anilines is 3. The van der Waals surface area contributed by atoms with Crippen molar-refractivity contribution in [3.8, 4) is 11.5 Å². The van der Waals surface area contributed by atoms with Gasteiger partial charge in [-0.15, -0.1) is 0 Å². The molecule has 0 aliphatic carbocycles. The van der Waals surface area contributed by atoms with Gasteiger partial charge in [0.15, 0.2) is 0 Å². The Kier molecular flexibility index (Phi) is 7.05. The van der Waals surface area contributed by atoms with Crippen LogP contribution in [0.3, 0.4) is 0 Å². The van der Waals surface area contributed by atoms with Gasteiger partial charge < -0.3 is 25.4 Å². The standard InChI is InChI=1S/C30H29N5O4/c1-18-8-7-9-21(16-18)34-29(36)24-17-31-35-27(23-10-5-6-11-25(23)39-4)26(19(2)32-28(24)35)30(37)33-20-12-14-22(38-3)15-13-20/h5-17,27,32H,1-4H3,(H,33,37)(H,34,36)/t27-/m1/s1. The van der Waals surface area contributed by atoms with Crippen molar-refractivity contribution in [3.05, 3.63) is 107 Å². The van der Waals surface area contributed by atoms with E-state index in [0.717, 1.165) is 11.1 Å². The highest BCUT2D eigenvalue weighted by Crippen LogP contribution is 2.41. The fourth-order valence-corrected chi connectivity index (χ4v) is 4.69.